The van der Waals surface area contributed by atoms with Crippen LogP contribution in [0.5, 0.6) is 5.75 Å². The molecule has 0 spiro atoms. The average Bonchev–Trinajstić information content (AvgIpc) is 3.11. The summed E-state index contributed by atoms with van der Waals surface area (Å²) in [5, 5.41) is 20.0. The molecular weight excluding hydrogens is 323 g/mol. The first kappa shape index (κ1) is 16.4. The van der Waals surface area contributed by atoms with Gasteiger partial charge in [-0.05, 0) is 67.1 Å². The largest absolute Gasteiger partial charge is 0.508 e. The van der Waals surface area contributed by atoms with Crippen molar-refractivity contribution in [1.29, 1.82) is 0 Å². The standard InChI is InChI=1S/C18H15FN4O2/c1-11(12-4-8-15(24)9-5-12)20-23-18(25)17-10-16(21-22-17)13-2-6-14(19)7-3-13/h2-10,24H,1H3,(H,21,22)(H,23,25). The highest BCUT2D eigenvalue weighted by atomic mass is 19.1. The lowest BCUT2D eigenvalue weighted by Crippen LogP contribution is -2.19. The van der Waals surface area contributed by atoms with Gasteiger partial charge in [0.1, 0.15) is 17.3 Å². The fourth-order valence-corrected chi connectivity index (χ4v) is 2.17. The summed E-state index contributed by atoms with van der Waals surface area (Å²) >= 11 is 0. The second-order valence-electron chi connectivity index (χ2n) is 5.36. The van der Waals surface area contributed by atoms with Crippen LogP contribution >= 0.6 is 0 Å². The average molecular weight is 338 g/mol. The molecule has 0 saturated heterocycles. The summed E-state index contributed by atoms with van der Waals surface area (Å²) in [6, 6.07) is 13.9. The number of nitrogens with zero attached hydrogens (tertiary/aromatic N) is 2. The number of halogens is 1. The second-order valence-corrected chi connectivity index (χ2v) is 5.36. The number of H-pyrrole nitrogens is 1. The molecule has 126 valence electrons. The molecule has 25 heavy (non-hydrogen) atoms. The first-order valence-electron chi connectivity index (χ1n) is 7.48. The maximum atomic E-state index is 13.0. The van der Waals surface area contributed by atoms with Crippen LogP contribution in [0.3, 0.4) is 0 Å². The first-order valence-corrected chi connectivity index (χ1v) is 7.48. The zero-order valence-electron chi connectivity index (χ0n) is 13.3. The Morgan fingerprint density at radius 3 is 2.52 bits per heavy atom. The molecule has 2 aromatic carbocycles. The summed E-state index contributed by atoms with van der Waals surface area (Å²) in [5.41, 5.74) is 5.27. The van der Waals surface area contributed by atoms with Crippen molar-refractivity contribution >= 4 is 11.6 Å². The normalized spacial score (nSPS) is 11.4. The van der Waals surface area contributed by atoms with Gasteiger partial charge in [-0.15, -0.1) is 0 Å². The number of hydrogen-bond acceptors (Lipinski definition) is 4. The van der Waals surface area contributed by atoms with E-state index >= 15 is 0 Å². The maximum absolute atomic E-state index is 13.0. The van der Waals surface area contributed by atoms with Gasteiger partial charge in [0.2, 0.25) is 0 Å². The van der Waals surface area contributed by atoms with Gasteiger partial charge in [-0.25, -0.2) is 9.82 Å². The van der Waals surface area contributed by atoms with Crippen LogP contribution in [-0.2, 0) is 0 Å². The highest BCUT2D eigenvalue weighted by Gasteiger charge is 2.11. The Kier molecular flexibility index (Phi) is 4.56. The predicted molar refractivity (Wildman–Crippen MR) is 91.8 cm³/mol. The third kappa shape index (κ3) is 3.89. The van der Waals surface area contributed by atoms with Crippen molar-refractivity contribution < 1.29 is 14.3 Å². The summed E-state index contributed by atoms with van der Waals surface area (Å²) in [4.78, 5) is 12.1. The molecule has 0 aliphatic heterocycles. The lowest BCUT2D eigenvalue weighted by atomic mass is 10.1. The second kappa shape index (κ2) is 6.96. The molecule has 0 saturated carbocycles. The van der Waals surface area contributed by atoms with E-state index in [0.29, 0.717) is 17.0 Å². The Morgan fingerprint density at radius 2 is 1.84 bits per heavy atom. The van der Waals surface area contributed by atoms with Gasteiger partial charge < -0.3 is 5.11 Å². The molecule has 0 bridgehead atoms. The third-order valence-electron chi connectivity index (χ3n) is 3.57. The molecule has 3 aromatic rings. The third-order valence-corrected chi connectivity index (χ3v) is 3.57. The van der Waals surface area contributed by atoms with E-state index in [9.17, 15) is 14.3 Å². The molecule has 3 N–H and O–H groups in total. The van der Waals surface area contributed by atoms with E-state index in [1.54, 1.807) is 49.4 Å². The van der Waals surface area contributed by atoms with E-state index in [0.717, 1.165) is 5.56 Å². The number of aromatic nitrogens is 2. The van der Waals surface area contributed by atoms with Crippen molar-refractivity contribution in [1.82, 2.24) is 15.6 Å². The van der Waals surface area contributed by atoms with Gasteiger partial charge in [0.05, 0.1) is 11.4 Å². The number of carbonyl (C=O) groups is 1. The molecule has 0 radical (unpaired) electrons. The molecule has 1 aromatic heterocycles. The minimum absolute atomic E-state index is 0.159. The molecule has 1 heterocycles. The van der Waals surface area contributed by atoms with Crippen molar-refractivity contribution in [2.24, 2.45) is 5.10 Å². The number of hydrogen-bond donors (Lipinski definition) is 3. The summed E-state index contributed by atoms with van der Waals surface area (Å²) in [5.74, 6) is -0.623. The van der Waals surface area contributed by atoms with Crippen molar-refractivity contribution in [3.05, 3.63) is 71.7 Å². The minimum Gasteiger partial charge on any atom is -0.508 e. The lowest BCUT2D eigenvalue weighted by Gasteiger charge is -2.02. The number of hydrazone groups is 1. The molecule has 7 heteroatoms. The maximum Gasteiger partial charge on any atom is 0.289 e. The van der Waals surface area contributed by atoms with Gasteiger partial charge in [0.15, 0.2) is 0 Å². The fourth-order valence-electron chi connectivity index (χ4n) is 2.17. The van der Waals surface area contributed by atoms with E-state index in [4.69, 9.17) is 0 Å². The zero-order chi connectivity index (χ0) is 17.8. The van der Waals surface area contributed by atoms with Crippen LogP contribution in [0.25, 0.3) is 11.3 Å². The number of phenolic OH excluding ortho intramolecular Hbond substituents is 1. The molecule has 3 rings (SSSR count). The predicted octanol–water partition coefficient (Wildman–Crippen LogP) is 3.08. The highest BCUT2D eigenvalue weighted by Crippen LogP contribution is 2.18. The molecular formula is C18H15FN4O2. The molecule has 0 aliphatic carbocycles. The number of nitrogens with one attached hydrogen (secondary N) is 2. The van der Waals surface area contributed by atoms with E-state index < -0.39 is 5.91 Å². The number of carbonyl (C=O) groups excluding carboxylic acids is 1. The number of rotatable bonds is 4. The van der Waals surface area contributed by atoms with E-state index in [1.165, 1.54) is 12.1 Å². The highest BCUT2D eigenvalue weighted by molar-refractivity contribution is 6.00. The number of aromatic hydroxyl groups is 1. The minimum atomic E-state index is -0.445. The van der Waals surface area contributed by atoms with Crippen molar-refractivity contribution in [3.8, 4) is 17.0 Å². The molecule has 0 atom stereocenters. The first-order chi connectivity index (χ1) is 12.0. The van der Waals surface area contributed by atoms with Crippen LogP contribution in [0, 0.1) is 5.82 Å². The van der Waals surface area contributed by atoms with Gasteiger partial charge in [-0.1, -0.05) is 0 Å². The summed E-state index contributed by atoms with van der Waals surface area (Å²) in [7, 11) is 0. The SMILES string of the molecule is CC(=NNC(=O)c1cc(-c2ccc(F)cc2)n[nH]1)c1ccc(O)cc1. The van der Waals surface area contributed by atoms with E-state index in [-0.39, 0.29) is 17.3 Å². The number of amides is 1. The molecule has 0 fully saturated rings. The summed E-state index contributed by atoms with van der Waals surface area (Å²) in [6.07, 6.45) is 0. The van der Waals surface area contributed by atoms with Gasteiger partial charge in [0, 0.05) is 5.56 Å². The van der Waals surface area contributed by atoms with E-state index in [2.05, 4.69) is 20.7 Å². The Labute approximate surface area is 143 Å². The quantitative estimate of drug-likeness (QED) is 0.504. The topological polar surface area (TPSA) is 90.4 Å². The number of phenols is 1. The van der Waals surface area contributed by atoms with Crippen LogP contribution < -0.4 is 5.43 Å². The Morgan fingerprint density at radius 1 is 1.16 bits per heavy atom. The van der Waals surface area contributed by atoms with Gasteiger partial charge >= 0.3 is 0 Å². The monoisotopic (exact) mass is 338 g/mol. The van der Waals surface area contributed by atoms with Gasteiger partial charge in [-0.3, -0.25) is 9.89 Å². The lowest BCUT2D eigenvalue weighted by molar-refractivity contribution is 0.0950. The Hall–Kier alpha value is -3.48. The smallest absolute Gasteiger partial charge is 0.289 e. The van der Waals surface area contributed by atoms with Crippen molar-refractivity contribution in [2.75, 3.05) is 0 Å². The Balaban J connectivity index is 1.70. The fraction of sp³-hybridized carbons (Fsp3) is 0.0556. The summed E-state index contributed by atoms with van der Waals surface area (Å²) in [6.45, 7) is 1.74. The van der Waals surface area contributed by atoms with Gasteiger partial charge in [-0.2, -0.15) is 10.2 Å². The van der Waals surface area contributed by atoms with Crippen LogP contribution in [0.15, 0.2) is 59.7 Å². The van der Waals surface area contributed by atoms with Crippen LogP contribution in [0.4, 0.5) is 4.39 Å². The molecule has 0 aliphatic rings. The van der Waals surface area contributed by atoms with Crippen molar-refractivity contribution in [3.63, 3.8) is 0 Å². The van der Waals surface area contributed by atoms with E-state index in [1.807, 2.05) is 0 Å². The number of benzene rings is 2. The van der Waals surface area contributed by atoms with Gasteiger partial charge in [0.25, 0.3) is 5.91 Å². The van der Waals surface area contributed by atoms with Crippen LogP contribution in [0.2, 0.25) is 0 Å². The molecule has 0 unspecified atom stereocenters. The summed E-state index contributed by atoms with van der Waals surface area (Å²) < 4.78 is 13.0. The molecule has 1 amide bonds. The van der Waals surface area contributed by atoms with Crippen molar-refractivity contribution in [2.45, 2.75) is 6.92 Å². The molecule has 6 nitrogen and oxygen atoms in total. The van der Waals surface area contributed by atoms with Crippen LogP contribution in [-0.4, -0.2) is 26.9 Å². The Bertz CT molecular complexity index is 915. The van der Waals surface area contributed by atoms with Crippen LogP contribution in [0.1, 0.15) is 23.0 Å². The zero-order valence-corrected chi connectivity index (χ0v) is 13.3. The number of aromatic amines is 1.